The van der Waals surface area contributed by atoms with Gasteiger partial charge in [0.15, 0.2) is 0 Å². The second-order valence-corrected chi connectivity index (χ2v) is 7.37. The van der Waals surface area contributed by atoms with E-state index in [1.165, 1.54) is 23.3 Å². The summed E-state index contributed by atoms with van der Waals surface area (Å²) < 4.78 is 0. The van der Waals surface area contributed by atoms with Gasteiger partial charge in [-0.05, 0) is 56.0 Å². The van der Waals surface area contributed by atoms with Gasteiger partial charge in [-0.3, -0.25) is 4.79 Å². The third kappa shape index (κ3) is 2.63. The molecule has 0 bridgehead atoms. The summed E-state index contributed by atoms with van der Waals surface area (Å²) in [6, 6.07) is 0.283. The van der Waals surface area contributed by atoms with E-state index in [0.717, 1.165) is 37.2 Å². The van der Waals surface area contributed by atoms with E-state index in [1.807, 2.05) is 0 Å². The normalized spacial score (nSPS) is 29.2. The summed E-state index contributed by atoms with van der Waals surface area (Å²) in [7, 11) is 0. The Labute approximate surface area is 124 Å². The van der Waals surface area contributed by atoms with Crippen LogP contribution in [0.5, 0.6) is 0 Å². The van der Waals surface area contributed by atoms with Gasteiger partial charge in [0.25, 0.3) is 5.91 Å². The van der Waals surface area contributed by atoms with E-state index >= 15 is 0 Å². The standard InChI is InChI=1S/C16H24N2OS/c1-10-5-6-12-13(9-20-15(12)7-10)16(19)18-14-4-2-3-11(14)8-17/h9-11,14H,2-8,17H2,1H3,(H,18,19). The molecular formula is C16H24N2OS. The first-order valence-electron chi connectivity index (χ1n) is 7.79. The van der Waals surface area contributed by atoms with Gasteiger partial charge in [-0.1, -0.05) is 13.3 Å². The van der Waals surface area contributed by atoms with Crippen LogP contribution in [-0.4, -0.2) is 18.5 Å². The molecule has 3 rings (SSSR count). The number of nitrogens with one attached hydrogen (secondary N) is 1. The number of rotatable bonds is 3. The molecule has 0 radical (unpaired) electrons. The summed E-state index contributed by atoms with van der Waals surface area (Å²) in [6.07, 6.45) is 6.83. The van der Waals surface area contributed by atoms with Crippen molar-refractivity contribution in [2.24, 2.45) is 17.6 Å². The molecule has 1 aromatic rings. The summed E-state index contributed by atoms with van der Waals surface area (Å²) in [5.74, 6) is 1.35. The lowest BCUT2D eigenvalue weighted by molar-refractivity contribution is 0.0928. The first-order valence-corrected chi connectivity index (χ1v) is 8.67. The van der Waals surface area contributed by atoms with E-state index < -0.39 is 0 Å². The molecule has 1 aromatic heterocycles. The molecule has 0 aromatic carbocycles. The van der Waals surface area contributed by atoms with E-state index in [0.29, 0.717) is 12.5 Å². The summed E-state index contributed by atoms with van der Waals surface area (Å²) >= 11 is 1.76. The second kappa shape index (κ2) is 5.86. The van der Waals surface area contributed by atoms with Gasteiger partial charge in [-0.15, -0.1) is 11.3 Å². The minimum Gasteiger partial charge on any atom is -0.349 e. The van der Waals surface area contributed by atoms with Crippen LogP contribution in [0, 0.1) is 11.8 Å². The SMILES string of the molecule is CC1CCc2c(C(=O)NC3CCCC3CN)csc2C1. The summed E-state index contributed by atoms with van der Waals surface area (Å²) in [5.41, 5.74) is 8.04. The number of hydrogen-bond acceptors (Lipinski definition) is 3. The molecule has 2 aliphatic rings. The average Bonchev–Trinajstić information content (AvgIpc) is 3.04. The van der Waals surface area contributed by atoms with Crippen molar-refractivity contribution >= 4 is 17.2 Å². The highest BCUT2D eigenvalue weighted by molar-refractivity contribution is 7.10. The van der Waals surface area contributed by atoms with E-state index in [9.17, 15) is 4.79 Å². The summed E-state index contributed by atoms with van der Waals surface area (Å²) in [4.78, 5) is 14.0. The molecular weight excluding hydrogens is 268 g/mol. The second-order valence-electron chi connectivity index (χ2n) is 6.41. The third-order valence-electron chi connectivity index (χ3n) is 4.92. The molecule has 0 spiro atoms. The number of thiophene rings is 1. The molecule has 4 heteroatoms. The van der Waals surface area contributed by atoms with Crippen molar-refractivity contribution in [2.45, 2.75) is 51.5 Å². The van der Waals surface area contributed by atoms with Crippen LogP contribution in [0.4, 0.5) is 0 Å². The van der Waals surface area contributed by atoms with E-state index in [4.69, 9.17) is 5.73 Å². The summed E-state index contributed by atoms with van der Waals surface area (Å²) in [5, 5.41) is 5.29. The molecule has 1 amide bonds. The molecule has 3 nitrogen and oxygen atoms in total. The van der Waals surface area contributed by atoms with E-state index in [-0.39, 0.29) is 11.9 Å². The molecule has 1 saturated carbocycles. The zero-order chi connectivity index (χ0) is 14.1. The minimum atomic E-state index is 0.127. The van der Waals surface area contributed by atoms with Crippen LogP contribution in [-0.2, 0) is 12.8 Å². The molecule has 1 heterocycles. The van der Waals surface area contributed by atoms with Crippen molar-refractivity contribution in [2.75, 3.05) is 6.54 Å². The number of amides is 1. The highest BCUT2D eigenvalue weighted by atomic mass is 32.1. The van der Waals surface area contributed by atoms with Crippen molar-refractivity contribution in [1.82, 2.24) is 5.32 Å². The number of fused-ring (bicyclic) bond motifs is 1. The quantitative estimate of drug-likeness (QED) is 0.900. The maximum Gasteiger partial charge on any atom is 0.252 e. The third-order valence-corrected chi connectivity index (χ3v) is 5.98. The van der Waals surface area contributed by atoms with Crippen molar-refractivity contribution in [3.8, 4) is 0 Å². The van der Waals surface area contributed by atoms with Gasteiger partial charge in [0.05, 0.1) is 5.56 Å². The number of hydrogen-bond donors (Lipinski definition) is 2. The molecule has 0 aliphatic heterocycles. The Morgan fingerprint density at radius 1 is 1.45 bits per heavy atom. The zero-order valence-corrected chi connectivity index (χ0v) is 13.0. The van der Waals surface area contributed by atoms with Crippen LogP contribution < -0.4 is 11.1 Å². The highest BCUT2D eigenvalue weighted by Crippen LogP contribution is 2.33. The topological polar surface area (TPSA) is 55.1 Å². The Kier molecular flexibility index (Phi) is 4.13. The Morgan fingerprint density at radius 2 is 2.30 bits per heavy atom. The van der Waals surface area contributed by atoms with Gasteiger partial charge < -0.3 is 11.1 Å². The largest absolute Gasteiger partial charge is 0.349 e. The number of carbonyl (C=O) groups excluding carboxylic acids is 1. The van der Waals surface area contributed by atoms with Gasteiger partial charge in [-0.2, -0.15) is 0 Å². The predicted molar refractivity (Wildman–Crippen MR) is 83.2 cm³/mol. The van der Waals surface area contributed by atoms with Crippen molar-refractivity contribution < 1.29 is 4.79 Å². The van der Waals surface area contributed by atoms with Crippen LogP contribution >= 0.6 is 11.3 Å². The molecule has 20 heavy (non-hydrogen) atoms. The minimum absolute atomic E-state index is 0.127. The van der Waals surface area contributed by atoms with E-state index in [2.05, 4.69) is 17.6 Å². The first kappa shape index (κ1) is 14.1. The molecule has 3 unspecified atom stereocenters. The fraction of sp³-hybridized carbons (Fsp3) is 0.688. The molecule has 3 atom stereocenters. The Bertz CT molecular complexity index is 497. The maximum absolute atomic E-state index is 12.5. The Hall–Kier alpha value is -0.870. The molecule has 110 valence electrons. The van der Waals surface area contributed by atoms with Crippen molar-refractivity contribution in [3.05, 3.63) is 21.4 Å². The molecule has 0 saturated heterocycles. The smallest absolute Gasteiger partial charge is 0.252 e. The van der Waals surface area contributed by atoms with E-state index in [1.54, 1.807) is 11.3 Å². The highest BCUT2D eigenvalue weighted by Gasteiger charge is 2.29. The molecule has 2 aliphatic carbocycles. The number of nitrogens with two attached hydrogens (primary N) is 1. The fourth-order valence-electron chi connectivity index (χ4n) is 3.62. The van der Waals surface area contributed by atoms with Gasteiger partial charge in [0.2, 0.25) is 0 Å². The van der Waals surface area contributed by atoms with Crippen molar-refractivity contribution in [1.29, 1.82) is 0 Å². The van der Waals surface area contributed by atoms with Crippen LogP contribution in [0.25, 0.3) is 0 Å². The predicted octanol–water partition coefficient (Wildman–Crippen LogP) is 2.73. The lowest BCUT2D eigenvalue weighted by Gasteiger charge is -2.21. The van der Waals surface area contributed by atoms with Crippen LogP contribution in [0.15, 0.2) is 5.38 Å². The van der Waals surface area contributed by atoms with Crippen molar-refractivity contribution in [3.63, 3.8) is 0 Å². The van der Waals surface area contributed by atoms with Crippen LogP contribution in [0.2, 0.25) is 0 Å². The zero-order valence-electron chi connectivity index (χ0n) is 12.2. The van der Waals surface area contributed by atoms with Gasteiger partial charge in [0, 0.05) is 16.3 Å². The first-order chi connectivity index (χ1) is 9.69. The van der Waals surface area contributed by atoms with Gasteiger partial charge >= 0.3 is 0 Å². The monoisotopic (exact) mass is 292 g/mol. The Balaban J connectivity index is 1.72. The molecule has 1 fully saturated rings. The lowest BCUT2D eigenvalue weighted by Crippen LogP contribution is -2.40. The Morgan fingerprint density at radius 3 is 3.10 bits per heavy atom. The van der Waals surface area contributed by atoms with Crippen LogP contribution in [0.1, 0.15) is 53.4 Å². The van der Waals surface area contributed by atoms with Gasteiger partial charge in [-0.25, -0.2) is 0 Å². The molecule has 3 N–H and O–H groups in total. The summed E-state index contributed by atoms with van der Waals surface area (Å²) in [6.45, 7) is 2.98. The number of carbonyl (C=O) groups is 1. The van der Waals surface area contributed by atoms with Crippen LogP contribution in [0.3, 0.4) is 0 Å². The lowest BCUT2D eigenvalue weighted by atomic mass is 9.88. The fourth-order valence-corrected chi connectivity index (χ4v) is 4.87. The average molecular weight is 292 g/mol. The van der Waals surface area contributed by atoms with Gasteiger partial charge in [0.1, 0.15) is 0 Å². The maximum atomic E-state index is 12.5.